The Morgan fingerprint density at radius 3 is 2.38 bits per heavy atom. The van der Waals surface area contributed by atoms with Crippen molar-refractivity contribution in [1.82, 2.24) is 4.31 Å². The van der Waals surface area contributed by atoms with Gasteiger partial charge in [0.1, 0.15) is 0 Å². The van der Waals surface area contributed by atoms with Crippen LogP contribution in [0.2, 0.25) is 5.02 Å². The van der Waals surface area contributed by atoms with Crippen LogP contribution in [0.3, 0.4) is 0 Å². The first kappa shape index (κ1) is 18.4. The monoisotopic (exact) mass is 366 g/mol. The third-order valence-corrected chi connectivity index (χ3v) is 5.07. The van der Waals surface area contributed by atoms with Crippen LogP contribution in [0.5, 0.6) is 0 Å². The number of hydrogen-bond donors (Lipinski definition) is 1. The highest BCUT2D eigenvalue weighted by atomic mass is 35.5. The van der Waals surface area contributed by atoms with Gasteiger partial charge in [0.05, 0.1) is 23.5 Å². The van der Waals surface area contributed by atoms with Gasteiger partial charge in [-0.25, -0.2) is 8.42 Å². The van der Waals surface area contributed by atoms with Gasteiger partial charge in [0.2, 0.25) is 15.9 Å². The average molecular weight is 367 g/mol. The van der Waals surface area contributed by atoms with Gasteiger partial charge in [-0.05, 0) is 30.2 Å². The zero-order valence-corrected chi connectivity index (χ0v) is 15.1. The lowest BCUT2D eigenvalue weighted by Gasteiger charge is -2.20. The summed E-state index contributed by atoms with van der Waals surface area (Å²) in [5, 5.41) is 3.03. The summed E-state index contributed by atoms with van der Waals surface area (Å²) in [6.45, 7) is 1.76. The molecule has 2 aromatic rings. The van der Waals surface area contributed by atoms with E-state index in [0.717, 1.165) is 21.7 Å². The fraction of sp³-hybridized carbons (Fsp3) is 0.235. The van der Waals surface area contributed by atoms with Gasteiger partial charge in [0.15, 0.2) is 0 Å². The van der Waals surface area contributed by atoms with Crippen molar-refractivity contribution in [2.45, 2.75) is 13.5 Å². The Bertz CT molecular complexity index is 837. The van der Waals surface area contributed by atoms with E-state index < -0.39 is 15.9 Å². The fourth-order valence-electron chi connectivity index (χ4n) is 2.18. The van der Waals surface area contributed by atoms with Gasteiger partial charge in [-0.2, -0.15) is 4.31 Å². The third-order valence-electron chi connectivity index (χ3n) is 3.54. The van der Waals surface area contributed by atoms with Crippen LogP contribution < -0.4 is 5.32 Å². The zero-order valence-electron chi connectivity index (χ0n) is 13.5. The van der Waals surface area contributed by atoms with E-state index >= 15 is 0 Å². The zero-order chi connectivity index (χ0) is 17.7. The molecule has 0 aliphatic heterocycles. The molecule has 2 aromatic carbocycles. The molecule has 0 radical (unpaired) electrons. The summed E-state index contributed by atoms with van der Waals surface area (Å²) in [6, 6.07) is 14.3. The largest absolute Gasteiger partial charge is 0.324 e. The Hall–Kier alpha value is -1.89. The molecule has 0 atom stereocenters. The maximum Gasteiger partial charge on any atom is 0.239 e. The second-order valence-corrected chi connectivity index (χ2v) is 7.88. The maximum atomic E-state index is 12.2. The quantitative estimate of drug-likeness (QED) is 0.854. The summed E-state index contributed by atoms with van der Waals surface area (Å²) in [5.74, 6) is -0.442. The Labute approximate surface area is 147 Å². The molecule has 24 heavy (non-hydrogen) atoms. The normalized spacial score (nSPS) is 11.5. The highest BCUT2D eigenvalue weighted by Crippen LogP contribution is 2.20. The van der Waals surface area contributed by atoms with Crippen molar-refractivity contribution in [3.63, 3.8) is 0 Å². The first-order valence-electron chi connectivity index (χ1n) is 7.31. The standard InChI is InChI=1S/C17H19ClN2O3S/c1-13-7-3-4-8-14(13)11-20(24(2,22)23)12-17(21)19-16-10-6-5-9-15(16)18/h3-10H,11-12H2,1-2H3,(H,19,21). The molecule has 1 amide bonds. The topological polar surface area (TPSA) is 66.5 Å². The van der Waals surface area contributed by atoms with Crippen molar-refractivity contribution in [2.75, 3.05) is 18.1 Å². The SMILES string of the molecule is Cc1ccccc1CN(CC(=O)Nc1ccccc1Cl)S(C)(=O)=O. The van der Waals surface area contributed by atoms with Crippen LogP contribution in [0.4, 0.5) is 5.69 Å². The number of carbonyl (C=O) groups is 1. The Balaban J connectivity index is 2.14. The molecule has 0 aliphatic carbocycles. The van der Waals surface area contributed by atoms with Gasteiger partial charge >= 0.3 is 0 Å². The average Bonchev–Trinajstić information content (AvgIpc) is 2.50. The molecule has 0 heterocycles. The minimum atomic E-state index is -3.54. The summed E-state index contributed by atoms with van der Waals surface area (Å²) >= 11 is 6.00. The van der Waals surface area contributed by atoms with Crippen molar-refractivity contribution in [1.29, 1.82) is 0 Å². The van der Waals surface area contributed by atoms with Crippen LogP contribution in [0.25, 0.3) is 0 Å². The number of amides is 1. The van der Waals surface area contributed by atoms with Crippen LogP contribution in [0.1, 0.15) is 11.1 Å². The molecule has 0 bridgehead atoms. The fourth-order valence-corrected chi connectivity index (χ4v) is 3.09. The van der Waals surface area contributed by atoms with Crippen molar-refractivity contribution < 1.29 is 13.2 Å². The first-order valence-corrected chi connectivity index (χ1v) is 9.54. The van der Waals surface area contributed by atoms with E-state index in [1.54, 1.807) is 24.3 Å². The van der Waals surface area contributed by atoms with Gasteiger partial charge in [-0.1, -0.05) is 48.0 Å². The van der Waals surface area contributed by atoms with Gasteiger partial charge < -0.3 is 5.32 Å². The molecule has 2 rings (SSSR count). The Morgan fingerprint density at radius 2 is 1.75 bits per heavy atom. The smallest absolute Gasteiger partial charge is 0.239 e. The Morgan fingerprint density at radius 1 is 1.12 bits per heavy atom. The highest BCUT2D eigenvalue weighted by molar-refractivity contribution is 7.88. The van der Waals surface area contributed by atoms with Gasteiger partial charge in [-0.15, -0.1) is 0 Å². The van der Waals surface area contributed by atoms with Gasteiger partial charge in [0.25, 0.3) is 0 Å². The highest BCUT2D eigenvalue weighted by Gasteiger charge is 2.21. The summed E-state index contributed by atoms with van der Waals surface area (Å²) in [5.41, 5.74) is 2.28. The number of para-hydroxylation sites is 1. The minimum absolute atomic E-state index is 0.140. The number of benzene rings is 2. The Kier molecular flexibility index (Phi) is 5.99. The second-order valence-electron chi connectivity index (χ2n) is 5.49. The maximum absolute atomic E-state index is 12.2. The molecule has 0 saturated carbocycles. The first-order chi connectivity index (χ1) is 11.3. The summed E-state index contributed by atoms with van der Waals surface area (Å²) in [6.07, 6.45) is 1.09. The van der Waals surface area contributed by atoms with Gasteiger partial charge in [0, 0.05) is 6.54 Å². The summed E-state index contributed by atoms with van der Waals surface area (Å²) < 4.78 is 25.2. The molecular formula is C17H19ClN2O3S. The van der Waals surface area contributed by atoms with Crippen LogP contribution >= 0.6 is 11.6 Å². The van der Waals surface area contributed by atoms with Crippen molar-refractivity contribution in [3.8, 4) is 0 Å². The third kappa shape index (κ3) is 5.06. The van der Waals surface area contributed by atoms with Gasteiger partial charge in [-0.3, -0.25) is 4.79 Å². The van der Waals surface area contributed by atoms with E-state index in [4.69, 9.17) is 11.6 Å². The number of halogens is 1. The van der Waals surface area contributed by atoms with E-state index in [-0.39, 0.29) is 13.1 Å². The number of anilines is 1. The van der Waals surface area contributed by atoms with Crippen molar-refractivity contribution in [2.24, 2.45) is 0 Å². The molecule has 0 aliphatic rings. The second kappa shape index (κ2) is 7.79. The number of nitrogens with zero attached hydrogens (tertiary/aromatic N) is 1. The van der Waals surface area contributed by atoms with E-state index in [0.29, 0.717) is 10.7 Å². The number of hydrogen-bond acceptors (Lipinski definition) is 3. The minimum Gasteiger partial charge on any atom is -0.324 e. The lowest BCUT2D eigenvalue weighted by molar-refractivity contribution is -0.116. The molecule has 7 heteroatoms. The van der Waals surface area contributed by atoms with Crippen molar-refractivity contribution in [3.05, 3.63) is 64.7 Å². The van der Waals surface area contributed by atoms with E-state index in [1.807, 2.05) is 31.2 Å². The molecule has 0 saturated heterocycles. The van der Waals surface area contributed by atoms with E-state index in [9.17, 15) is 13.2 Å². The van der Waals surface area contributed by atoms with Crippen LogP contribution in [0, 0.1) is 6.92 Å². The molecule has 5 nitrogen and oxygen atoms in total. The molecular weight excluding hydrogens is 348 g/mol. The van der Waals surface area contributed by atoms with Crippen LogP contribution in [-0.4, -0.2) is 31.4 Å². The van der Waals surface area contributed by atoms with E-state index in [1.165, 1.54) is 0 Å². The summed E-state index contributed by atoms with van der Waals surface area (Å²) in [4.78, 5) is 12.2. The molecule has 1 N–H and O–H groups in total. The lowest BCUT2D eigenvalue weighted by atomic mass is 10.1. The predicted molar refractivity (Wildman–Crippen MR) is 96.5 cm³/mol. The lowest BCUT2D eigenvalue weighted by Crippen LogP contribution is -2.37. The number of aryl methyl sites for hydroxylation is 1. The molecule has 0 aromatic heterocycles. The van der Waals surface area contributed by atoms with E-state index in [2.05, 4.69) is 5.32 Å². The molecule has 0 unspecified atom stereocenters. The van der Waals surface area contributed by atoms with Crippen molar-refractivity contribution >= 4 is 33.2 Å². The summed E-state index contributed by atoms with van der Waals surface area (Å²) in [7, 11) is -3.54. The molecule has 0 fully saturated rings. The number of nitrogens with one attached hydrogen (secondary N) is 1. The van der Waals surface area contributed by atoms with Crippen LogP contribution in [0.15, 0.2) is 48.5 Å². The van der Waals surface area contributed by atoms with Crippen LogP contribution in [-0.2, 0) is 21.4 Å². The predicted octanol–water partition coefficient (Wildman–Crippen LogP) is 3.05. The number of sulfonamides is 1. The number of rotatable bonds is 6. The molecule has 128 valence electrons. The molecule has 0 spiro atoms. The number of carbonyl (C=O) groups excluding carboxylic acids is 1.